The smallest absolute Gasteiger partial charge is 0.0991 e. The van der Waals surface area contributed by atoms with Gasteiger partial charge in [-0.25, -0.2) is 0 Å². The number of rotatable bonds is 5. The van der Waals surface area contributed by atoms with Gasteiger partial charge in [0.05, 0.1) is 41.0 Å². The molecule has 1 saturated heterocycles. The molecule has 3 aromatic rings. The van der Waals surface area contributed by atoms with Crippen LogP contribution >= 0.6 is 34.8 Å². The molecule has 0 bridgehead atoms. The SMILES string of the molecule is N#Cc1ccc([C@@H](CO)N2CCN(c3ccc(Cl)cc3Cl)C(c3ccc(Cl)cc3)C2)cc1. The van der Waals surface area contributed by atoms with E-state index >= 15 is 0 Å². The molecule has 1 aliphatic heterocycles. The molecule has 0 radical (unpaired) electrons. The molecule has 32 heavy (non-hydrogen) atoms. The van der Waals surface area contributed by atoms with Gasteiger partial charge in [0, 0.05) is 29.7 Å². The highest BCUT2D eigenvalue weighted by molar-refractivity contribution is 6.36. The van der Waals surface area contributed by atoms with E-state index in [1.165, 1.54) is 0 Å². The molecule has 164 valence electrons. The molecule has 0 aromatic heterocycles. The predicted octanol–water partition coefficient (Wildman–Crippen LogP) is 6.12. The molecule has 0 amide bonds. The van der Waals surface area contributed by atoms with Crippen molar-refractivity contribution < 1.29 is 5.11 Å². The minimum absolute atomic E-state index is 0.00660. The highest BCUT2D eigenvalue weighted by atomic mass is 35.5. The number of aliphatic hydroxyl groups excluding tert-OH is 1. The summed E-state index contributed by atoms with van der Waals surface area (Å²) in [5, 5.41) is 21.2. The molecule has 1 aliphatic rings. The first kappa shape index (κ1) is 22.9. The fourth-order valence-corrected chi connectivity index (χ4v) is 4.91. The summed E-state index contributed by atoms with van der Waals surface area (Å²) in [6.45, 7) is 2.14. The maximum absolute atomic E-state index is 10.2. The Labute approximate surface area is 203 Å². The average molecular weight is 487 g/mol. The molecule has 1 heterocycles. The van der Waals surface area contributed by atoms with Gasteiger partial charge in [-0.3, -0.25) is 4.90 Å². The van der Waals surface area contributed by atoms with Crippen molar-refractivity contribution in [2.24, 2.45) is 0 Å². The second-order valence-corrected chi connectivity index (χ2v) is 9.06. The monoisotopic (exact) mass is 485 g/mol. The van der Waals surface area contributed by atoms with Crippen LogP contribution in [0.2, 0.25) is 15.1 Å². The van der Waals surface area contributed by atoms with Crippen molar-refractivity contribution in [3.63, 3.8) is 0 Å². The van der Waals surface area contributed by atoms with Crippen LogP contribution in [0.4, 0.5) is 5.69 Å². The van der Waals surface area contributed by atoms with Crippen molar-refractivity contribution in [2.75, 3.05) is 31.1 Å². The number of hydrogen-bond donors (Lipinski definition) is 1. The van der Waals surface area contributed by atoms with Crippen LogP contribution in [0.25, 0.3) is 0 Å². The Morgan fingerprint density at radius 1 is 0.938 bits per heavy atom. The molecule has 2 atom stereocenters. The lowest BCUT2D eigenvalue weighted by atomic mass is 9.97. The maximum Gasteiger partial charge on any atom is 0.0991 e. The summed E-state index contributed by atoms with van der Waals surface area (Å²) in [7, 11) is 0. The normalized spacial score (nSPS) is 17.7. The zero-order chi connectivity index (χ0) is 22.7. The first-order valence-electron chi connectivity index (χ1n) is 10.3. The molecule has 0 spiro atoms. The molecule has 1 fully saturated rings. The Hall–Kier alpha value is -2.26. The van der Waals surface area contributed by atoms with Crippen LogP contribution < -0.4 is 4.90 Å². The zero-order valence-corrected chi connectivity index (χ0v) is 19.5. The van der Waals surface area contributed by atoms with Crippen molar-refractivity contribution in [1.29, 1.82) is 5.26 Å². The van der Waals surface area contributed by atoms with E-state index < -0.39 is 0 Å². The van der Waals surface area contributed by atoms with Crippen molar-refractivity contribution in [3.05, 3.63) is 98.5 Å². The standard InChI is InChI=1S/C25H22Cl3N3O/c26-20-7-5-18(6-8-20)24-15-30(25(16-32)19-3-1-17(14-29)2-4-19)11-12-31(24)23-10-9-21(27)13-22(23)28/h1-10,13,24-25,32H,11-12,15-16H2/t24?,25-/m1/s1. The fourth-order valence-electron chi connectivity index (χ4n) is 4.27. The molecule has 4 nitrogen and oxygen atoms in total. The minimum atomic E-state index is -0.166. The number of piperazine rings is 1. The Bertz CT molecular complexity index is 1110. The summed E-state index contributed by atoms with van der Waals surface area (Å²) in [4.78, 5) is 4.56. The van der Waals surface area contributed by atoms with Gasteiger partial charge in [0.15, 0.2) is 0 Å². The van der Waals surface area contributed by atoms with E-state index in [1.807, 2.05) is 48.5 Å². The van der Waals surface area contributed by atoms with Crippen LogP contribution in [0.15, 0.2) is 66.7 Å². The van der Waals surface area contributed by atoms with Crippen LogP contribution in [0.5, 0.6) is 0 Å². The van der Waals surface area contributed by atoms with Crippen molar-refractivity contribution in [3.8, 4) is 6.07 Å². The minimum Gasteiger partial charge on any atom is -0.394 e. The average Bonchev–Trinajstić information content (AvgIpc) is 2.81. The summed E-state index contributed by atoms with van der Waals surface area (Å²) in [6, 6.07) is 22.8. The molecular weight excluding hydrogens is 465 g/mol. The van der Waals surface area contributed by atoms with E-state index in [2.05, 4.69) is 15.9 Å². The van der Waals surface area contributed by atoms with Crippen molar-refractivity contribution in [2.45, 2.75) is 12.1 Å². The molecule has 7 heteroatoms. The van der Waals surface area contributed by atoms with E-state index in [0.717, 1.165) is 29.9 Å². The van der Waals surface area contributed by atoms with Gasteiger partial charge in [-0.2, -0.15) is 5.26 Å². The Balaban J connectivity index is 1.67. The Morgan fingerprint density at radius 2 is 1.62 bits per heavy atom. The van der Waals surface area contributed by atoms with Gasteiger partial charge >= 0.3 is 0 Å². The third-order valence-electron chi connectivity index (χ3n) is 5.92. The largest absolute Gasteiger partial charge is 0.394 e. The van der Waals surface area contributed by atoms with Crippen molar-refractivity contribution >= 4 is 40.5 Å². The van der Waals surface area contributed by atoms with E-state index in [0.29, 0.717) is 27.2 Å². The summed E-state index contributed by atoms with van der Waals surface area (Å²) in [6.07, 6.45) is 0. The first-order valence-corrected chi connectivity index (χ1v) is 11.5. The van der Waals surface area contributed by atoms with Gasteiger partial charge in [0.1, 0.15) is 0 Å². The summed E-state index contributed by atoms with van der Waals surface area (Å²) < 4.78 is 0. The van der Waals surface area contributed by atoms with E-state index in [4.69, 9.17) is 40.1 Å². The molecular formula is C25H22Cl3N3O. The summed E-state index contributed by atoms with van der Waals surface area (Å²) in [5.74, 6) is 0. The van der Waals surface area contributed by atoms with Gasteiger partial charge in [-0.15, -0.1) is 0 Å². The van der Waals surface area contributed by atoms with Gasteiger partial charge in [-0.1, -0.05) is 59.1 Å². The molecule has 0 aliphatic carbocycles. The Kier molecular flexibility index (Phi) is 7.25. The third-order valence-corrected chi connectivity index (χ3v) is 6.71. The number of aliphatic hydroxyl groups is 1. The molecule has 1 N–H and O–H groups in total. The molecule has 3 aromatic carbocycles. The molecule has 1 unspecified atom stereocenters. The predicted molar refractivity (Wildman–Crippen MR) is 131 cm³/mol. The first-order chi connectivity index (χ1) is 15.5. The number of benzene rings is 3. The number of anilines is 1. The lowest BCUT2D eigenvalue weighted by molar-refractivity contribution is 0.103. The quantitative estimate of drug-likeness (QED) is 0.472. The maximum atomic E-state index is 10.2. The van der Waals surface area contributed by atoms with Crippen molar-refractivity contribution in [1.82, 2.24) is 4.90 Å². The number of nitrogens with zero attached hydrogens (tertiary/aromatic N) is 3. The number of hydrogen-bond acceptors (Lipinski definition) is 4. The van der Waals surface area contributed by atoms with Crippen LogP contribution in [0, 0.1) is 11.3 Å². The Morgan fingerprint density at radius 3 is 2.25 bits per heavy atom. The molecule has 0 saturated carbocycles. The lowest BCUT2D eigenvalue weighted by Gasteiger charge is -2.46. The van der Waals surface area contributed by atoms with Crippen LogP contribution in [-0.4, -0.2) is 36.2 Å². The van der Waals surface area contributed by atoms with E-state index in [9.17, 15) is 5.11 Å². The van der Waals surface area contributed by atoms with E-state index in [-0.39, 0.29) is 18.7 Å². The second-order valence-electron chi connectivity index (χ2n) is 7.78. The zero-order valence-electron chi connectivity index (χ0n) is 17.3. The van der Waals surface area contributed by atoms with E-state index in [1.54, 1.807) is 18.2 Å². The van der Waals surface area contributed by atoms with Gasteiger partial charge in [0.25, 0.3) is 0 Å². The second kappa shape index (κ2) is 10.1. The topological polar surface area (TPSA) is 50.5 Å². The van der Waals surface area contributed by atoms with Crippen LogP contribution in [-0.2, 0) is 0 Å². The summed E-state index contributed by atoms with van der Waals surface area (Å²) >= 11 is 18.8. The van der Waals surface area contributed by atoms with Gasteiger partial charge in [-0.05, 0) is 53.6 Å². The number of nitriles is 1. The highest BCUT2D eigenvalue weighted by Crippen LogP contribution is 2.38. The van der Waals surface area contributed by atoms with Crippen LogP contribution in [0.3, 0.4) is 0 Å². The third kappa shape index (κ3) is 4.88. The summed E-state index contributed by atoms with van der Waals surface area (Å²) in [5.41, 5.74) is 3.63. The molecule has 4 rings (SSSR count). The van der Waals surface area contributed by atoms with Crippen LogP contribution in [0.1, 0.15) is 28.8 Å². The van der Waals surface area contributed by atoms with Gasteiger partial charge < -0.3 is 10.0 Å². The lowest BCUT2D eigenvalue weighted by Crippen LogP contribution is -2.50. The fraction of sp³-hybridized carbons (Fsp3) is 0.240. The van der Waals surface area contributed by atoms with Gasteiger partial charge in [0.2, 0.25) is 0 Å². The highest BCUT2D eigenvalue weighted by Gasteiger charge is 2.33. The number of halogens is 3.